The highest BCUT2D eigenvalue weighted by molar-refractivity contribution is 5.85. The summed E-state index contributed by atoms with van der Waals surface area (Å²) in [5.74, 6) is 0.854. The molecule has 0 bridgehead atoms. The molecule has 0 atom stereocenters. The summed E-state index contributed by atoms with van der Waals surface area (Å²) in [6.45, 7) is 3.06. The van der Waals surface area contributed by atoms with Gasteiger partial charge in [-0.15, -0.1) is 0 Å². The van der Waals surface area contributed by atoms with E-state index in [2.05, 4.69) is 17.6 Å². The van der Waals surface area contributed by atoms with Crippen LogP contribution < -0.4 is 0 Å². The highest BCUT2D eigenvalue weighted by Crippen LogP contribution is 2.34. The number of hydrogen-bond donors (Lipinski definition) is 0. The molecule has 0 aliphatic heterocycles. The quantitative estimate of drug-likeness (QED) is 0.150. The summed E-state index contributed by atoms with van der Waals surface area (Å²) in [5.41, 5.74) is 5.47. The Morgan fingerprint density at radius 1 is 0.912 bits per heavy atom. The van der Waals surface area contributed by atoms with Gasteiger partial charge < -0.3 is 4.57 Å². The Labute approximate surface area is 197 Å². The molecule has 7 heteroatoms. The fourth-order valence-electron chi connectivity index (χ4n) is 4.23. The van der Waals surface area contributed by atoms with Crippen molar-refractivity contribution in [2.24, 2.45) is 0 Å². The summed E-state index contributed by atoms with van der Waals surface area (Å²) in [4.78, 5) is 15.8. The lowest BCUT2D eigenvalue weighted by atomic mass is 10.1. The van der Waals surface area contributed by atoms with E-state index < -0.39 is 0 Å². The Morgan fingerprint density at radius 2 is 1.65 bits per heavy atom. The van der Waals surface area contributed by atoms with E-state index in [4.69, 9.17) is 10.1 Å². The second kappa shape index (κ2) is 9.31. The second-order valence-electron chi connectivity index (χ2n) is 8.26. The molecule has 0 aliphatic rings. The maximum Gasteiger partial charge on any atom is 0.269 e. The van der Waals surface area contributed by atoms with Crippen LogP contribution in [0.25, 0.3) is 39.4 Å². The number of imidazole rings is 1. The summed E-state index contributed by atoms with van der Waals surface area (Å²) in [5, 5.41) is 16.1. The van der Waals surface area contributed by atoms with Crippen LogP contribution in [0, 0.1) is 10.1 Å². The van der Waals surface area contributed by atoms with Gasteiger partial charge in [-0.05, 0) is 42.8 Å². The van der Waals surface area contributed by atoms with Crippen molar-refractivity contribution in [2.75, 3.05) is 0 Å². The molecule has 2 aromatic heterocycles. The molecule has 3 aromatic carbocycles. The third-order valence-corrected chi connectivity index (χ3v) is 5.97. The van der Waals surface area contributed by atoms with Crippen LogP contribution in [0.4, 0.5) is 5.69 Å². The van der Waals surface area contributed by atoms with Gasteiger partial charge in [-0.1, -0.05) is 50.1 Å². The molecule has 0 saturated heterocycles. The van der Waals surface area contributed by atoms with E-state index in [0.717, 1.165) is 65.2 Å². The Balaban J connectivity index is 1.70. The van der Waals surface area contributed by atoms with Gasteiger partial charge >= 0.3 is 0 Å². The monoisotopic (exact) mass is 451 g/mol. The minimum absolute atomic E-state index is 0.0552. The van der Waals surface area contributed by atoms with E-state index in [1.54, 1.807) is 12.1 Å². The standard InChI is InChI=1S/C27H25N5O2/c1-2-3-9-18-30-25-13-8-7-12-24(25)28-27(30)23-19-31(21-10-5-4-6-11-21)29-26(23)20-14-16-22(17-15-20)32(33)34/h4-8,10-17,19H,2-3,9,18H2,1H3. The number of nitro benzene ring substituents is 1. The summed E-state index contributed by atoms with van der Waals surface area (Å²) in [7, 11) is 0. The summed E-state index contributed by atoms with van der Waals surface area (Å²) in [6, 6.07) is 24.6. The Kier molecular flexibility index (Phi) is 5.91. The van der Waals surface area contributed by atoms with E-state index in [0.29, 0.717) is 0 Å². The third kappa shape index (κ3) is 4.08. The lowest BCUT2D eigenvalue weighted by molar-refractivity contribution is -0.384. The van der Waals surface area contributed by atoms with Crippen molar-refractivity contribution < 1.29 is 4.92 Å². The van der Waals surface area contributed by atoms with E-state index in [1.165, 1.54) is 12.1 Å². The summed E-state index contributed by atoms with van der Waals surface area (Å²) in [6.07, 6.45) is 5.35. The van der Waals surface area contributed by atoms with Crippen LogP contribution in [-0.4, -0.2) is 24.3 Å². The molecule has 2 heterocycles. The molecule has 0 saturated carbocycles. The van der Waals surface area contributed by atoms with Gasteiger partial charge in [-0.25, -0.2) is 9.67 Å². The largest absolute Gasteiger partial charge is 0.324 e. The van der Waals surface area contributed by atoms with Crippen LogP contribution in [0.15, 0.2) is 85.1 Å². The molecule has 170 valence electrons. The van der Waals surface area contributed by atoms with Crippen molar-refractivity contribution in [1.82, 2.24) is 19.3 Å². The highest BCUT2D eigenvalue weighted by atomic mass is 16.6. The van der Waals surface area contributed by atoms with Gasteiger partial charge in [0.05, 0.1) is 27.2 Å². The summed E-state index contributed by atoms with van der Waals surface area (Å²) < 4.78 is 4.12. The average molecular weight is 452 g/mol. The first kappa shape index (κ1) is 21.6. The van der Waals surface area contributed by atoms with Crippen molar-refractivity contribution in [1.29, 1.82) is 0 Å². The number of benzene rings is 3. The molecule has 5 rings (SSSR count). The molecule has 0 N–H and O–H groups in total. The smallest absolute Gasteiger partial charge is 0.269 e. The minimum atomic E-state index is -0.388. The van der Waals surface area contributed by atoms with Crippen molar-refractivity contribution in [3.05, 3.63) is 95.2 Å². The van der Waals surface area contributed by atoms with E-state index in [1.807, 2.05) is 59.4 Å². The number of nitro groups is 1. The van der Waals surface area contributed by atoms with Crippen molar-refractivity contribution in [3.8, 4) is 28.3 Å². The highest BCUT2D eigenvalue weighted by Gasteiger charge is 2.21. The number of fused-ring (bicyclic) bond motifs is 1. The van der Waals surface area contributed by atoms with E-state index >= 15 is 0 Å². The van der Waals surface area contributed by atoms with Crippen molar-refractivity contribution in [2.45, 2.75) is 32.7 Å². The van der Waals surface area contributed by atoms with Gasteiger partial charge in [0, 0.05) is 30.4 Å². The first-order valence-electron chi connectivity index (χ1n) is 11.5. The van der Waals surface area contributed by atoms with Crippen LogP contribution >= 0.6 is 0 Å². The first-order valence-corrected chi connectivity index (χ1v) is 11.5. The van der Waals surface area contributed by atoms with Gasteiger partial charge in [0.2, 0.25) is 0 Å². The molecule has 0 amide bonds. The van der Waals surface area contributed by atoms with Crippen LogP contribution in [-0.2, 0) is 6.54 Å². The number of nitrogens with zero attached hydrogens (tertiary/aromatic N) is 5. The molecule has 0 unspecified atom stereocenters. The number of rotatable bonds is 8. The second-order valence-corrected chi connectivity index (χ2v) is 8.26. The molecular formula is C27H25N5O2. The number of hydrogen-bond acceptors (Lipinski definition) is 4. The normalized spacial score (nSPS) is 11.2. The van der Waals surface area contributed by atoms with Gasteiger partial charge in [0.15, 0.2) is 0 Å². The fourth-order valence-corrected chi connectivity index (χ4v) is 4.23. The van der Waals surface area contributed by atoms with Crippen LogP contribution in [0.2, 0.25) is 0 Å². The zero-order valence-electron chi connectivity index (χ0n) is 19.0. The minimum Gasteiger partial charge on any atom is -0.324 e. The van der Waals surface area contributed by atoms with Crippen LogP contribution in [0.5, 0.6) is 0 Å². The molecule has 7 nitrogen and oxygen atoms in total. The number of aromatic nitrogens is 4. The Morgan fingerprint density at radius 3 is 2.38 bits per heavy atom. The molecule has 0 fully saturated rings. The molecular weight excluding hydrogens is 426 g/mol. The predicted octanol–water partition coefficient (Wildman–Crippen LogP) is 6.65. The molecule has 0 spiro atoms. The van der Waals surface area contributed by atoms with Gasteiger partial charge in [-0.3, -0.25) is 10.1 Å². The SMILES string of the molecule is CCCCCn1c(-c2cn(-c3ccccc3)nc2-c2ccc([N+](=O)[O-])cc2)nc2ccccc21. The van der Waals surface area contributed by atoms with E-state index in [-0.39, 0.29) is 10.6 Å². The van der Waals surface area contributed by atoms with Gasteiger partial charge in [0.25, 0.3) is 5.69 Å². The molecule has 34 heavy (non-hydrogen) atoms. The molecule has 5 aromatic rings. The maximum absolute atomic E-state index is 11.2. The van der Waals surface area contributed by atoms with Crippen molar-refractivity contribution in [3.63, 3.8) is 0 Å². The van der Waals surface area contributed by atoms with Crippen LogP contribution in [0.3, 0.4) is 0 Å². The maximum atomic E-state index is 11.2. The lowest BCUT2D eigenvalue weighted by Gasteiger charge is -2.09. The predicted molar refractivity (Wildman–Crippen MR) is 134 cm³/mol. The fraction of sp³-hybridized carbons (Fsp3) is 0.185. The summed E-state index contributed by atoms with van der Waals surface area (Å²) >= 11 is 0. The van der Waals surface area contributed by atoms with Crippen molar-refractivity contribution >= 4 is 16.7 Å². The average Bonchev–Trinajstić information content (AvgIpc) is 3.47. The van der Waals surface area contributed by atoms with Gasteiger partial charge in [-0.2, -0.15) is 5.10 Å². The number of aryl methyl sites for hydroxylation is 1. The Hall–Kier alpha value is -4.26. The number of unbranched alkanes of at least 4 members (excludes halogenated alkanes) is 2. The topological polar surface area (TPSA) is 78.8 Å². The Bertz CT molecular complexity index is 1440. The van der Waals surface area contributed by atoms with Gasteiger partial charge in [0.1, 0.15) is 11.5 Å². The number of non-ortho nitro benzene ring substituents is 1. The first-order chi connectivity index (χ1) is 16.7. The zero-order valence-corrected chi connectivity index (χ0v) is 19.0. The van der Waals surface area contributed by atoms with E-state index in [9.17, 15) is 10.1 Å². The zero-order chi connectivity index (χ0) is 23.5. The molecule has 0 radical (unpaired) electrons. The lowest BCUT2D eigenvalue weighted by Crippen LogP contribution is -2.01. The molecule has 0 aliphatic carbocycles. The number of para-hydroxylation sites is 3. The third-order valence-electron chi connectivity index (χ3n) is 5.97. The van der Waals surface area contributed by atoms with Crippen LogP contribution in [0.1, 0.15) is 26.2 Å².